The molecule has 1 aliphatic carbocycles. The van der Waals surface area contributed by atoms with Crippen LogP contribution in [0.2, 0.25) is 0 Å². The fraction of sp³-hybridized carbons (Fsp3) is 0.250. The maximum atomic E-state index is 10.5. The SMILES string of the molecule is NC1(C(=O)[O-])C=CC(C(=O)[O-])=CC1.[Na+].[Na+]. The van der Waals surface area contributed by atoms with Gasteiger partial charge in [-0.2, -0.15) is 0 Å². The van der Waals surface area contributed by atoms with Gasteiger partial charge in [-0.15, -0.1) is 0 Å². The molecule has 70 valence electrons. The van der Waals surface area contributed by atoms with Gasteiger partial charge in [-0.1, -0.05) is 18.2 Å². The Morgan fingerprint density at radius 1 is 1.33 bits per heavy atom. The van der Waals surface area contributed by atoms with Crippen molar-refractivity contribution in [3.05, 3.63) is 23.8 Å². The number of carboxylic acids is 2. The quantitative estimate of drug-likeness (QED) is 0.471. The van der Waals surface area contributed by atoms with Crippen LogP contribution < -0.4 is 75.1 Å². The molecule has 0 radical (unpaired) electrons. The molecule has 0 aromatic rings. The molecular formula is C8H7NNa2O4. The van der Waals surface area contributed by atoms with Crippen LogP contribution in [0.5, 0.6) is 0 Å². The monoisotopic (exact) mass is 227 g/mol. The van der Waals surface area contributed by atoms with Crippen LogP contribution in [-0.2, 0) is 9.59 Å². The zero-order chi connectivity index (χ0) is 10.1. The largest absolute Gasteiger partial charge is 1.00 e. The van der Waals surface area contributed by atoms with Gasteiger partial charge < -0.3 is 25.5 Å². The Kier molecular flexibility index (Phi) is 8.12. The summed E-state index contributed by atoms with van der Waals surface area (Å²) in [5.41, 5.74) is 3.69. The third-order valence-electron chi connectivity index (χ3n) is 1.84. The number of nitrogens with two attached hydrogens (primary N) is 1. The summed E-state index contributed by atoms with van der Waals surface area (Å²) < 4.78 is 0. The summed E-state index contributed by atoms with van der Waals surface area (Å²) in [6, 6.07) is 0. The molecule has 0 saturated carbocycles. The van der Waals surface area contributed by atoms with E-state index in [0.29, 0.717) is 0 Å². The minimum atomic E-state index is -1.60. The fourth-order valence-corrected chi connectivity index (χ4v) is 0.956. The first-order chi connectivity index (χ1) is 5.96. The van der Waals surface area contributed by atoms with E-state index >= 15 is 0 Å². The molecule has 0 aliphatic heterocycles. The van der Waals surface area contributed by atoms with Crippen molar-refractivity contribution in [3.63, 3.8) is 0 Å². The summed E-state index contributed by atoms with van der Waals surface area (Å²) in [7, 11) is 0. The minimum absolute atomic E-state index is 0. The second-order valence-corrected chi connectivity index (χ2v) is 2.81. The first kappa shape index (κ1) is 17.8. The molecule has 0 amide bonds. The Morgan fingerprint density at radius 2 is 1.87 bits per heavy atom. The van der Waals surface area contributed by atoms with Crippen LogP contribution in [0, 0.1) is 0 Å². The van der Waals surface area contributed by atoms with E-state index in [9.17, 15) is 19.8 Å². The summed E-state index contributed by atoms with van der Waals surface area (Å²) >= 11 is 0. The van der Waals surface area contributed by atoms with E-state index in [1.807, 2.05) is 0 Å². The first-order valence-electron chi connectivity index (χ1n) is 3.57. The molecule has 1 rings (SSSR count). The van der Waals surface area contributed by atoms with Gasteiger partial charge in [-0.05, 0) is 12.0 Å². The van der Waals surface area contributed by atoms with E-state index in [4.69, 9.17) is 5.73 Å². The third kappa shape index (κ3) is 4.40. The molecule has 7 heteroatoms. The molecule has 0 saturated heterocycles. The summed E-state index contributed by atoms with van der Waals surface area (Å²) in [4.78, 5) is 20.8. The van der Waals surface area contributed by atoms with Crippen LogP contribution in [0.1, 0.15) is 6.42 Å². The van der Waals surface area contributed by atoms with Gasteiger partial charge in [-0.3, -0.25) is 0 Å². The van der Waals surface area contributed by atoms with Crippen molar-refractivity contribution in [3.8, 4) is 0 Å². The second kappa shape index (κ2) is 6.85. The van der Waals surface area contributed by atoms with Crippen molar-refractivity contribution in [1.29, 1.82) is 0 Å². The van der Waals surface area contributed by atoms with Gasteiger partial charge in [0.05, 0.1) is 17.5 Å². The zero-order valence-corrected chi connectivity index (χ0v) is 12.6. The normalized spacial score (nSPS) is 23.1. The summed E-state index contributed by atoms with van der Waals surface area (Å²) in [6.07, 6.45) is 3.29. The van der Waals surface area contributed by atoms with Gasteiger partial charge in [0.2, 0.25) is 0 Å². The van der Waals surface area contributed by atoms with Crippen LogP contribution in [-0.4, -0.2) is 17.5 Å². The van der Waals surface area contributed by atoms with Crippen LogP contribution in [0.3, 0.4) is 0 Å². The Balaban J connectivity index is 0. The van der Waals surface area contributed by atoms with Gasteiger partial charge in [0.15, 0.2) is 0 Å². The molecule has 1 unspecified atom stereocenters. The van der Waals surface area contributed by atoms with E-state index in [1.54, 1.807) is 0 Å². The van der Waals surface area contributed by atoms with Crippen molar-refractivity contribution in [1.82, 2.24) is 0 Å². The van der Waals surface area contributed by atoms with Crippen molar-refractivity contribution < 1.29 is 78.9 Å². The van der Waals surface area contributed by atoms with Gasteiger partial charge in [0.25, 0.3) is 0 Å². The standard InChI is InChI=1S/C8H9NO4.2Na/c9-8(7(12)13)3-1-5(2-4-8)6(10)11;;/h1-3H,4,9H2,(H,10,11)(H,12,13);;/q;2*+1/p-2. The Hall–Kier alpha value is 0.380. The molecule has 0 heterocycles. The molecule has 1 aliphatic rings. The number of carbonyl (C=O) groups is 2. The number of carboxylic acid groups (broad SMARTS) is 2. The minimum Gasteiger partial charge on any atom is -0.548 e. The maximum Gasteiger partial charge on any atom is 1.00 e. The van der Waals surface area contributed by atoms with Gasteiger partial charge in [-0.25, -0.2) is 0 Å². The van der Waals surface area contributed by atoms with Gasteiger partial charge in [0.1, 0.15) is 0 Å². The third-order valence-corrected chi connectivity index (χ3v) is 1.84. The smallest absolute Gasteiger partial charge is 0.548 e. The molecule has 15 heavy (non-hydrogen) atoms. The van der Waals surface area contributed by atoms with Gasteiger partial charge in [0, 0.05) is 0 Å². The molecule has 0 aromatic carbocycles. The number of carbonyl (C=O) groups excluding carboxylic acids is 2. The van der Waals surface area contributed by atoms with E-state index in [2.05, 4.69) is 0 Å². The zero-order valence-electron chi connectivity index (χ0n) is 8.65. The Labute approximate surface area is 131 Å². The molecule has 1 atom stereocenters. The summed E-state index contributed by atoms with van der Waals surface area (Å²) in [5, 5.41) is 20.8. The molecule has 0 spiro atoms. The Bertz CT molecular complexity index is 327. The van der Waals surface area contributed by atoms with E-state index in [1.165, 1.54) is 6.08 Å². The average Bonchev–Trinajstić information content (AvgIpc) is 2.04. The number of hydrogen-bond donors (Lipinski definition) is 1. The Morgan fingerprint density at radius 3 is 2.13 bits per heavy atom. The van der Waals surface area contributed by atoms with Crippen molar-refractivity contribution in [2.75, 3.05) is 0 Å². The van der Waals surface area contributed by atoms with Crippen LogP contribution in [0.4, 0.5) is 0 Å². The van der Waals surface area contributed by atoms with Crippen LogP contribution in [0.15, 0.2) is 23.8 Å². The number of rotatable bonds is 2. The molecule has 2 N–H and O–H groups in total. The van der Waals surface area contributed by atoms with Crippen molar-refractivity contribution in [2.24, 2.45) is 5.73 Å². The van der Waals surface area contributed by atoms with Gasteiger partial charge >= 0.3 is 59.1 Å². The van der Waals surface area contributed by atoms with Crippen LogP contribution in [0.25, 0.3) is 0 Å². The fourth-order valence-electron chi connectivity index (χ4n) is 0.956. The predicted molar refractivity (Wildman–Crippen MR) is 38.8 cm³/mol. The molecule has 0 bridgehead atoms. The van der Waals surface area contributed by atoms with Crippen LogP contribution >= 0.6 is 0 Å². The van der Waals surface area contributed by atoms with Crippen molar-refractivity contribution >= 4 is 11.9 Å². The van der Waals surface area contributed by atoms with E-state index in [0.717, 1.165) is 12.2 Å². The molecule has 0 fully saturated rings. The average molecular weight is 227 g/mol. The topological polar surface area (TPSA) is 106 Å². The predicted octanol–water partition coefficient (Wildman–Crippen LogP) is -8.92. The molecule has 5 nitrogen and oxygen atoms in total. The number of aliphatic carboxylic acids is 2. The summed E-state index contributed by atoms with van der Waals surface area (Å²) in [5.74, 6) is -2.78. The van der Waals surface area contributed by atoms with E-state index < -0.39 is 17.5 Å². The summed E-state index contributed by atoms with van der Waals surface area (Å²) in [6.45, 7) is 0. The number of hydrogen-bond acceptors (Lipinski definition) is 5. The first-order valence-corrected chi connectivity index (χ1v) is 3.57. The van der Waals surface area contributed by atoms with E-state index in [-0.39, 0.29) is 71.1 Å². The molecule has 0 aromatic heterocycles. The second-order valence-electron chi connectivity index (χ2n) is 2.81. The maximum absolute atomic E-state index is 10.5. The molecular weight excluding hydrogens is 220 g/mol. The van der Waals surface area contributed by atoms with Crippen molar-refractivity contribution in [2.45, 2.75) is 12.0 Å².